The van der Waals surface area contributed by atoms with Gasteiger partial charge in [-0.3, -0.25) is 9.69 Å². The third kappa shape index (κ3) is 6.19. The lowest BCUT2D eigenvalue weighted by Crippen LogP contribution is -2.56. The summed E-state index contributed by atoms with van der Waals surface area (Å²) in [6.07, 6.45) is -0.201. The molecule has 2 N–H and O–H groups in total. The lowest BCUT2D eigenvalue weighted by Gasteiger charge is -2.35. The molecule has 0 aromatic heterocycles. The van der Waals surface area contributed by atoms with Crippen molar-refractivity contribution in [2.75, 3.05) is 0 Å². The molecule has 0 saturated carbocycles. The van der Waals surface area contributed by atoms with Crippen LogP contribution in [0.4, 0.5) is 4.79 Å². The second kappa shape index (κ2) is 11.4. The number of benzene rings is 3. The zero-order valence-electron chi connectivity index (χ0n) is 18.9. The van der Waals surface area contributed by atoms with Gasteiger partial charge in [-0.05, 0) is 50.9 Å². The van der Waals surface area contributed by atoms with Crippen molar-refractivity contribution < 1.29 is 24.2 Å². The molecule has 0 unspecified atom stereocenters. The normalized spacial score (nSPS) is 15.6. The number of amides is 2. The number of carbonyl (C=O) groups is 3. The molecule has 8 heteroatoms. The SMILES string of the molecule is O=C(O)[C@@H](Cc1ccccc1I)NC(=O)[C@@H]1Cc2ccccc2CN1C(=O)OCc1ccccc1. The van der Waals surface area contributed by atoms with E-state index >= 15 is 0 Å². The zero-order chi connectivity index (χ0) is 24.8. The highest BCUT2D eigenvalue weighted by Gasteiger charge is 2.37. The minimum absolute atomic E-state index is 0.0797. The van der Waals surface area contributed by atoms with Gasteiger partial charge in [-0.25, -0.2) is 9.59 Å². The lowest BCUT2D eigenvalue weighted by molar-refractivity contribution is -0.142. The molecular formula is C27H25IN2O5. The van der Waals surface area contributed by atoms with Crippen LogP contribution in [0.25, 0.3) is 0 Å². The summed E-state index contributed by atoms with van der Waals surface area (Å²) in [7, 11) is 0. The van der Waals surface area contributed by atoms with Gasteiger partial charge in [0.1, 0.15) is 18.7 Å². The number of ether oxygens (including phenoxy) is 1. The summed E-state index contributed by atoms with van der Waals surface area (Å²) < 4.78 is 6.44. The third-order valence-electron chi connectivity index (χ3n) is 5.99. The van der Waals surface area contributed by atoms with Crippen LogP contribution in [0.5, 0.6) is 0 Å². The first kappa shape index (κ1) is 24.7. The van der Waals surface area contributed by atoms with Crippen LogP contribution in [-0.4, -0.2) is 40.1 Å². The summed E-state index contributed by atoms with van der Waals surface area (Å²) in [5.41, 5.74) is 3.54. The fourth-order valence-electron chi connectivity index (χ4n) is 4.10. The molecule has 2 amide bonds. The van der Waals surface area contributed by atoms with E-state index in [9.17, 15) is 19.5 Å². The van der Waals surface area contributed by atoms with Crippen LogP contribution >= 0.6 is 22.6 Å². The van der Waals surface area contributed by atoms with Crippen LogP contribution in [0.2, 0.25) is 0 Å². The summed E-state index contributed by atoms with van der Waals surface area (Å²) in [4.78, 5) is 39.8. The van der Waals surface area contributed by atoms with Gasteiger partial charge in [0, 0.05) is 16.4 Å². The molecule has 0 saturated heterocycles. The predicted molar refractivity (Wildman–Crippen MR) is 139 cm³/mol. The van der Waals surface area contributed by atoms with Crippen LogP contribution in [0, 0.1) is 3.57 Å². The van der Waals surface area contributed by atoms with Gasteiger partial charge in [0.25, 0.3) is 0 Å². The lowest BCUT2D eigenvalue weighted by atomic mass is 9.93. The molecule has 7 nitrogen and oxygen atoms in total. The van der Waals surface area contributed by atoms with Gasteiger partial charge in [-0.2, -0.15) is 0 Å². The number of nitrogens with zero attached hydrogens (tertiary/aromatic N) is 1. The minimum atomic E-state index is -1.13. The molecule has 0 bridgehead atoms. The van der Waals surface area contributed by atoms with Gasteiger partial charge in [-0.1, -0.05) is 72.8 Å². The zero-order valence-corrected chi connectivity index (χ0v) is 21.1. The fourth-order valence-corrected chi connectivity index (χ4v) is 4.71. The Labute approximate surface area is 217 Å². The van der Waals surface area contributed by atoms with Crippen LogP contribution < -0.4 is 5.32 Å². The first-order valence-electron chi connectivity index (χ1n) is 11.2. The average Bonchev–Trinajstić information content (AvgIpc) is 2.87. The first-order valence-corrected chi connectivity index (χ1v) is 12.3. The Balaban J connectivity index is 1.52. The molecule has 180 valence electrons. The van der Waals surface area contributed by atoms with Crippen molar-refractivity contribution in [3.05, 3.63) is 105 Å². The highest BCUT2D eigenvalue weighted by Crippen LogP contribution is 2.25. The number of hydrogen-bond acceptors (Lipinski definition) is 4. The van der Waals surface area contributed by atoms with Crippen LogP contribution in [0.1, 0.15) is 22.3 Å². The van der Waals surface area contributed by atoms with Crippen LogP contribution in [0.3, 0.4) is 0 Å². The summed E-state index contributed by atoms with van der Waals surface area (Å²) in [6.45, 7) is 0.284. The molecule has 35 heavy (non-hydrogen) atoms. The van der Waals surface area contributed by atoms with Crippen molar-refractivity contribution in [2.24, 2.45) is 0 Å². The molecule has 0 fully saturated rings. The standard InChI is InChI=1S/C27H25IN2O5/c28-22-13-7-6-11-20(22)14-23(26(32)33)29-25(31)24-15-19-10-4-5-12-21(19)16-30(24)27(34)35-17-18-8-2-1-3-9-18/h1-13,23-24H,14-17H2,(H,29,31)(H,32,33)/t23-,24+/m1/s1. The number of carboxylic acids is 1. The van der Waals surface area contributed by atoms with E-state index in [2.05, 4.69) is 27.9 Å². The fraction of sp³-hybridized carbons (Fsp3) is 0.222. The van der Waals surface area contributed by atoms with Crippen LogP contribution in [-0.2, 0) is 40.3 Å². The van der Waals surface area contributed by atoms with Gasteiger partial charge in [-0.15, -0.1) is 0 Å². The van der Waals surface area contributed by atoms with Crippen LogP contribution in [0.15, 0.2) is 78.9 Å². The Hall–Kier alpha value is -3.40. The van der Waals surface area contributed by atoms with E-state index < -0.39 is 30.1 Å². The Bertz CT molecular complexity index is 1220. The summed E-state index contributed by atoms with van der Waals surface area (Å²) in [6, 6.07) is 22.3. The second-order valence-electron chi connectivity index (χ2n) is 8.35. The predicted octanol–water partition coefficient (Wildman–Crippen LogP) is 4.17. The number of carbonyl (C=O) groups excluding carboxylic acids is 2. The van der Waals surface area contributed by atoms with E-state index in [4.69, 9.17) is 4.74 Å². The molecule has 4 rings (SSSR count). The molecular weight excluding hydrogens is 559 g/mol. The maximum absolute atomic E-state index is 13.4. The molecule has 3 aromatic carbocycles. The molecule has 0 radical (unpaired) electrons. The quantitative estimate of drug-likeness (QED) is 0.407. The van der Waals surface area contributed by atoms with Crippen molar-refractivity contribution in [3.8, 4) is 0 Å². The molecule has 1 aliphatic rings. The molecule has 1 aliphatic heterocycles. The maximum Gasteiger partial charge on any atom is 0.411 e. The number of nitrogens with one attached hydrogen (secondary N) is 1. The van der Waals surface area contributed by atoms with Crippen molar-refractivity contribution in [2.45, 2.75) is 38.1 Å². The number of carboxylic acid groups (broad SMARTS) is 1. The van der Waals surface area contributed by atoms with Gasteiger partial charge in [0.2, 0.25) is 5.91 Å². The molecule has 1 heterocycles. The molecule has 0 spiro atoms. The Kier molecular flexibility index (Phi) is 8.02. The Morgan fingerprint density at radius 2 is 1.63 bits per heavy atom. The monoisotopic (exact) mass is 584 g/mol. The Morgan fingerprint density at radius 1 is 0.971 bits per heavy atom. The van der Waals surface area contributed by atoms with Gasteiger partial charge >= 0.3 is 12.1 Å². The van der Waals surface area contributed by atoms with E-state index in [0.717, 1.165) is 25.8 Å². The van der Waals surface area contributed by atoms with Crippen molar-refractivity contribution in [1.82, 2.24) is 10.2 Å². The summed E-state index contributed by atoms with van der Waals surface area (Å²) in [5.74, 6) is -1.65. The van der Waals surface area contributed by atoms with Crippen molar-refractivity contribution in [3.63, 3.8) is 0 Å². The summed E-state index contributed by atoms with van der Waals surface area (Å²) in [5, 5.41) is 12.5. The van der Waals surface area contributed by atoms with E-state index in [0.29, 0.717) is 0 Å². The maximum atomic E-state index is 13.4. The number of hydrogen-bond donors (Lipinski definition) is 2. The smallest absolute Gasteiger partial charge is 0.411 e. The minimum Gasteiger partial charge on any atom is -0.480 e. The van der Waals surface area contributed by atoms with E-state index in [1.54, 1.807) is 0 Å². The second-order valence-corrected chi connectivity index (χ2v) is 9.51. The third-order valence-corrected chi connectivity index (χ3v) is 7.04. The van der Waals surface area contributed by atoms with E-state index in [-0.39, 0.29) is 26.0 Å². The molecule has 3 aromatic rings. The molecule has 2 atom stereocenters. The van der Waals surface area contributed by atoms with Gasteiger partial charge < -0.3 is 15.2 Å². The first-order chi connectivity index (χ1) is 16.9. The number of fused-ring (bicyclic) bond motifs is 1. The molecule has 0 aliphatic carbocycles. The largest absolute Gasteiger partial charge is 0.480 e. The van der Waals surface area contributed by atoms with Gasteiger partial charge in [0.05, 0.1) is 6.54 Å². The van der Waals surface area contributed by atoms with Gasteiger partial charge in [0.15, 0.2) is 0 Å². The topological polar surface area (TPSA) is 95.9 Å². The average molecular weight is 584 g/mol. The van der Waals surface area contributed by atoms with E-state index in [1.807, 2.05) is 78.9 Å². The van der Waals surface area contributed by atoms with E-state index in [1.165, 1.54) is 4.90 Å². The number of halogens is 1. The van der Waals surface area contributed by atoms with Crippen molar-refractivity contribution in [1.29, 1.82) is 0 Å². The number of rotatable bonds is 7. The number of aliphatic carboxylic acids is 1. The highest BCUT2D eigenvalue weighted by atomic mass is 127. The Morgan fingerprint density at radius 3 is 2.34 bits per heavy atom. The van der Waals surface area contributed by atoms with Crippen molar-refractivity contribution >= 4 is 40.6 Å². The summed E-state index contributed by atoms with van der Waals surface area (Å²) >= 11 is 2.15. The highest BCUT2D eigenvalue weighted by molar-refractivity contribution is 14.1.